The molecule has 2 rings (SSSR count). The number of hydrogen-bond acceptors (Lipinski definition) is 4. The average molecular weight is 308 g/mol. The van der Waals surface area contributed by atoms with Crippen LogP contribution in [-0.2, 0) is 21.2 Å². The van der Waals surface area contributed by atoms with Crippen LogP contribution in [0.2, 0.25) is 0 Å². The third kappa shape index (κ3) is 3.80. The van der Waals surface area contributed by atoms with Crippen molar-refractivity contribution in [2.45, 2.75) is 36.6 Å². The fourth-order valence-electron chi connectivity index (χ4n) is 2.11. The van der Waals surface area contributed by atoms with Gasteiger partial charge in [0.1, 0.15) is 0 Å². The molecule has 1 aliphatic carbocycles. The molecule has 0 bridgehead atoms. The van der Waals surface area contributed by atoms with E-state index in [9.17, 15) is 13.2 Å². The lowest BCUT2D eigenvalue weighted by Crippen LogP contribution is -2.34. The van der Waals surface area contributed by atoms with Gasteiger partial charge in [-0.25, -0.2) is 8.42 Å². The number of sulfonamides is 1. The Bertz CT molecular complexity index is 657. The van der Waals surface area contributed by atoms with Crippen LogP contribution in [0, 0.1) is 11.3 Å². The smallest absolute Gasteiger partial charge is 0.307 e. The summed E-state index contributed by atoms with van der Waals surface area (Å²) in [5, 5.41) is 17.4. The molecule has 0 atom stereocenters. The SMILES string of the molecule is N#CCCN(C1CC1)S(=O)(=O)c1ccc(CC(=O)O)cc1. The van der Waals surface area contributed by atoms with E-state index in [0.29, 0.717) is 5.56 Å². The summed E-state index contributed by atoms with van der Waals surface area (Å²) in [5.74, 6) is -0.959. The number of aliphatic carboxylic acids is 1. The highest BCUT2D eigenvalue weighted by molar-refractivity contribution is 7.89. The highest BCUT2D eigenvalue weighted by atomic mass is 32.2. The van der Waals surface area contributed by atoms with Crippen molar-refractivity contribution < 1.29 is 18.3 Å². The van der Waals surface area contributed by atoms with Gasteiger partial charge in [-0.3, -0.25) is 4.79 Å². The first-order chi connectivity index (χ1) is 9.95. The minimum atomic E-state index is -3.62. The molecule has 0 heterocycles. The molecule has 1 N–H and O–H groups in total. The Balaban J connectivity index is 2.21. The molecule has 1 saturated carbocycles. The number of carbonyl (C=O) groups is 1. The van der Waals surface area contributed by atoms with Gasteiger partial charge in [-0.15, -0.1) is 0 Å². The summed E-state index contributed by atoms with van der Waals surface area (Å²) in [6, 6.07) is 7.82. The molecule has 0 aliphatic heterocycles. The molecule has 7 heteroatoms. The van der Waals surface area contributed by atoms with Crippen LogP contribution in [0.15, 0.2) is 29.2 Å². The number of benzene rings is 1. The number of hydrogen-bond donors (Lipinski definition) is 1. The molecule has 0 saturated heterocycles. The van der Waals surface area contributed by atoms with Gasteiger partial charge in [-0.1, -0.05) is 12.1 Å². The monoisotopic (exact) mass is 308 g/mol. The second kappa shape index (κ2) is 6.24. The van der Waals surface area contributed by atoms with Crippen molar-refractivity contribution in [3.8, 4) is 6.07 Å². The van der Waals surface area contributed by atoms with Crippen LogP contribution >= 0.6 is 0 Å². The van der Waals surface area contributed by atoms with Crippen molar-refractivity contribution in [3.05, 3.63) is 29.8 Å². The summed E-state index contributed by atoms with van der Waals surface area (Å²) in [6.07, 6.45) is 1.66. The van der Waals surface area contributed by atoms with Crippen LogP contribution < -0.4 is 0 Å². The molecule has 0 aromatic heterocycles. The molecular formula is C14H16N2O4S. The predicted molar refractivity (Wildman–Crippen MR) is 74.9 cm³/mol. The number of carboxylic acids is 1. The van der Waals surface area contributed by atoms with Crippen molar-refractivity contribution in [1.29, 1.82) is 5.26 Å². The normalized spacial score (nSPS) is 14.9. The van der Waals surface area contributed by atoms with Crippen LogP contribution in [0.5, 0.6) is 0 Å². The van der Waals surface area contributed by atoms with Gasteiger partial charge < -0.3 is 5.11 Å². The number of nitriles is 1. The zero-order valence-electron chi connectivity index (χ0n) is 11.4. The standard InChI is InChI=1S/C14H16N2O4S/c15-8-1-9-16(12-4-5-12)21(19,20)13-6-2-11(3-7-13)10-14(17)18/h2-3,6-7,12H,1,4-5,9-10H2,(H,17,18). The first kappa shape index (κ1) is 15.5. The van der Waals surface area contributed by atoms with E-state index in [-0.39, 0.29) is 30.3 Å². The largest absolute Gasteiger partial charge is 0.481 e. The maximum absolute atomic E-state index is 12.6. The third-order valence-corrected chi connectivity index (χ3v) is 5.25. The molecule has 112 valence electrons. The van der Waals surface area contributed by atoms with Crippen LogP contribution in [0.25, 0.3) is 0 Å². The van der Waals surface area contributed by atoms with Crippen LogP contribution in [0.3, 0.4) is 0 Å². The Kier molecular flexibility index (Phi) is 4.60. The van der Waals surface area contributed by atoms with Gasteiger partial charge in [-0.05, 0) is 30.5 Å². The number of carboxylic acid groups (broad SMARTS) is 1. The lowest BCUT2D eigenvalue weighted by atomic mass is 10.2. The highest BCUT2D eigenvalue weighted by Crippen LogP contribution is 2.32. The number of nitrogens with zero attached hydrogens (tertiary/aromatic N) is 2. The Labute approximate surface area is 123 Å². The predicted octanol–water partition coefficient (Wildman–Crippen LogP) is 1.38. The van der Waals surface area contributed by atoms with Gasteiger partial charge in [0.25, 0.3) is 0 Å². The molecule has 1 aromatic carbocycles. The Morgan fingerprint density at radius 1 is 1.33 bits per heavy atom. The van der Waals surface area contributed by atoms with E-state index in [1.54, 1.807) is 0 Å². The summed E-state index contributed by atoms with van der Waals surface area (Å²) >= 11 is 0. The average Bonchev–Trinajstić information content (AvgIpc) is 3.23. The van der Waals surface area contributed by atoms with Crippen LogP contribution in [0.1, 0.15) is 24.8 Å². The fraction of sp³-hybridized carbons (Fsp3) is 0.429. The topological polar surface area (TPSA) is 98.5 Å². The van der Waals surface area contributed by atoms with Gasteiger partial charge in [0.15, 0.2) is 0 Å². The summed E-state index contributed by atoms with van der Waals surface area (Å²) in [4.78, 5) is 10.8. The summed E-state index contributed by atoms with van der Waals surface area (Å²) < 4.78 is 26.5. The zero-order valence-corrected chi connectivity index (χ0v) is 12.2. The van der Waals surface area contributed by atoms with E-state index in [1.807, 2.05) is 6.07 Å². The molecule has 0 amide bonds. The first-order valence-corrected chi connectivity index (χ1v) is 8.08. The second-order valence-corrected chi connectivity index (χ2v) is 6.86. The maximum Gasteiger partial charge on any atom is 0.307 e. The summed E-state index contributed by atoms with van der Waals surface area (Å²) in [6.45, 7) is 0.195. The van der Waals surface area contributed by atoms with E-state index in [2.05, 4.69) is 0 Å². The lowest BCUT2D eigenvalue weighted by Gasteiger charge is -2.20. The molecule has 1 aliphatic rings. The van der Waals surface area contributed by atoms with Gasteiger partial charge in [0, 0.05) is 19.0 Å². The molecule has 6 nitrogen and oxygen atoms in total. The first-order valence-electron chi connectivity index (χ1n) is 6.64. The molecular weight excluding hydrogens is 292 g/mol. The van der Waals surface area contributed by atoms with Crippen molar-refractivity contribution in [1.82, 2.24) is 4.31 Å². The van der Waals surface area contributed by atoms with Gasteiger partial charge in [0.05, 0.1) is 17.4 Å². The molecule has 0 spiro atoms. The van der Waals surface area contributed by atoms with Crippen LogP contribution in [0.4, 0.5) is 0 Å². The van der Waals surface area contributed by atoms with E-state index in [0.717, 1.165) is 12.8 Å². The highest BCUT2D eigenvalue weighted by Gasteiger charge is 2.37. The van der Waals surface area contributed by atoms with Crippen LogP contribution in [-0.4, -0.2) is 36.4 Å². The number of rotatable bonds is 7. The quantitative estimate of drug-likeness (QED) is 0.820. The fourth-order valence-corrected chi connectivity index (χ4v) is 3.80. The van der Waals surface area contributed by atoms with Crippen molar-refractivity contribution in [2.24, 2.45) is 0 Å². The van der Waals surface area contributed by atoms with E-state index < -0.39 is 16.0 Å². The molecule has 21 heavy (non-hydrogen) atoms. The van der Waals surface area contributed by atoms with E-state index in [1.165, 1.54) is 28.6 Å². The Hall–Kier alpha value is -1.91. The van der Waals surface area contributed by atoms with Gasteiger partial charge >= 0.3 is 5.97 Å². The van der Waals surface area contributed by atoms with Crippen molar-refractivity contribution in [2.75, 3.05) is 6.54 Å². The summed E-state index contributed by atoms with van der Waals surface area (Å²) in [5.41, 5.74) is 0.552. The Morgan fingerprint density at radius 2 is 1.95 bits per heavy atom. The van der Waals surface area contributed by atoms with Gasteiger partial charge in [0.2, 0.25) is 10.0 Å². The van der Waals surface area contributed by atoms with Crippen molar-refractivity contribution in [3.63, 3.8) is 0 Å². The minimum absolute atomic E-state index is 0.0120. The van der Waals surface area contributed by atoms with Gasteiger partial charge in [-0.2, -0.15) is 9.57 Å². The zero-order chi connectivity index (χ0) is 15.5. The molecule has 1 aromatic rings. The summed E-state index contributed by atoms with van der Waals surface area (Å²) in [7, 11) is -3.62. The second-order valence-electron chi connectivity index (χ2n) is 4.97. The molecule has 0 radical (unpaired) electrons. The minimum Gasteiger partial charge on any atom is -0.481 e. The molecule has 0 unspecified atom stereocenters. The van der Waals surface area contributed by atoms with E-state index >= 15 is 0 Å². The maximum atomic E-state index is 12.6. The van der Waals surface area contributed by atoms with Crippen molar-refractivity contribution >= 4 is 16.0 Å². The van der Waals surface area contributed by atoms with E-state index in [4.69, 9.17) is 10.4 Å². The lowest BCUT2D eigenvalue weighted by molar-refractivity contribution is -0.136. The Morgan fingerprint density at radius 3 is 2.43 bits per heavy atom. The molecule has 1 fully saturated rings. The third-order valence-electron chi connectivity index (χ3n) is 3.28.